The van der Waals surface area contributed by atoms with Gasteiger partial charge in [-0.1, -0.05) is 0 Å². The monoisotopic (exact) mass is 202 g/mol. The Hall–Kier alpha value is -0.670. The first kappa shape index (κ1) is 9.87. The molecule has 14 heavy (non-hydrogen) atoms. The summed E-state index contributed by atoms with van der Waals surface area (Å²) in [6.07, 6.45) is 1.30. The lowest BCUT2D eigenvalue weighted by atomic mass is 10.0. The molecule has 2 atom stereocenters. The minimum atomic E-state index is -2.35. The van der Waals surface area contributed by atoms with Gasteiger partial charge in [-0.3, -0.25) is 5.41 Å². The van der Waals surface area contributed by atoms with Crippen molar-refractivity contribution in [3.05, 3.63) is 0 Å². The Morgan fingerprint density at radius 2 is 1.93 bits per heavy atom. The second-order valence-electron chi connectivity index (χ2n) is 4.69. The van der Waals surface area contributed by atoms with Gasteiger partial charge in [-0.15, -0.1) is 0 Å². The molecule has 0 aliphatic heterocycles. The highest BCUT2D eigenvalue weighted by molar-refractivity contribution is 5.75. The Bertz CT molecular complexity index is 251. The zero-order valence-electron chi connectivity index (χ0n) is 8.56. The summed E-state index contributed by atoms with van der Waals surface area (Å²) in [5.41, 5.74) is 0. The van der Waals surface area contributed by atoms with Gasteiger partial charge in [0.2, 0.25) is 0 Å². The summed E-state index contributed by atoms with van der Waals surface area (Å²) in [5, 5.41) is 7.38. The van der Waals surface area contributed by atoms with Gasteiger partial charge in [0.25, 0.3) is 5.92 Å². The fourth-order valence-corrected chi connectivity index (χ4v) is 2.59. The Balaban J connectivity index is 1.81. The third-order valence-electron chi connectivity index (χ3n) is 3.64. The van der Waals surface area contributed by atoms with Crippen LogP contribution in [0.2, 0.25) is 0 Å². The molecule has 1 N–H and O–H groups in total. The second kappa shape index (κ2) is 2.91. The van der Waals surface area contributed by atoms with Crippen LogP contribution in [-0.2, 0) is 0 Å². The maximum absolute atomic E-state index is 12.9. The van der Waals surface area contributed by atoms with Crippen molar-refractivity contribution >= 4 is 5.84 Å². The van der Waals surface area contributed by atoms with Crippen LogP contribution < -0.4 is 0 Å². The minimum absolute atomic E-state index is 0.341. The average Bonchev–Trinajstić information content (AvgIpc) is 2.51. The molecular formula is C10H16F2N2. The number of rotatable bonds is 2. The maximum atomic E-state index is 12.9. The lowest BCUT2D eigenvalue weighted by molar-refractivity contribution is 0.0621. The van der Waals surface area contributed by atoms with E-state index in [2.05, 4.69) is 0 Å². The van der Waals surface area contributed by atoms with Crippen molar-refractivity contribution in [2.45, 2.75) is 25.7 Å². The molecule has 0 heterocycles. The second-order valence-corrected chi connectivity index (χ2v) is 4.69. The predicted octanol–water partition coefficient (Wildman–Crippen LogP) is 2.21. The van der Waals surface area contributed by atoms with E-state index in [-0.39, 0.29) is 11.8 Å². The van der Waals surface area contributed by atoms with E-state index in [1.807, 2.05) is 11.9 Å². The van der Waals surface area contributed by atoms with Crippen LogP contribution in [0.1, 0.15) is 19.8 Å². The molecule has 2 aliphatic carbocycles. The zero-order valence-corrected chi connectivity index (χ0v) is 8.56. The molecule has 0 aromatic rings. The van der Waals surface area contributed by atoms with Crippen LogP contribution in [0.4, 0.5) is 8.78 Å². The topological polar surface area (TPSA) is 27.1 Å². The van der Waals surface area contributed by atoms with Gasteiger partial charge in [-0.25, -0.2) is 8.78 Å². The molecule has 2 aliphatic rings. The fourth-order valence-electron chi connectivity index (χ4n) is 2.59. The van der Waals surface area contributed by atoms with Crippen LogP contribution in [0.3, 0.4) is 0 Å². The Labute approximate surface area is 82.8 Å². The number of fused-ring (bicyclic) bond motifs is 1. The normalized spacial score (nSPS) is 37.9. The molecule has 2 rings (SSSR count). The van der Waals surface area contributed by atoms with Gasteiger partial charge in [0, 0.05) is 25.4 Å². The van der Waals surface area contributed by atoms with E-state index in [1.54, 1.807) is 6.92 Å². The van der Waals surface area contributed by atoms with E-state index >= 15 is 0 Å². The van der Waals surface area contributed by atoms with Crippen LogP contribution in [0.5, 0.6) is 0 Å². The molecule has 2 nitrogen and oxygen atoms in total. The number of amidine groups is 1. The van der Waals surface area contributed by atoms with Crippen molar-refractivity contribution in [3.63, 3.8) is 0 Å². The summed E-state index contributed by atoms with van der Waals surface area (Å²) in [6, 6.07) is 0. The molecule has 80 valence electrons. The van der Waals surface area contributed by atoms with E-state index in [0.29, 0.717) is 24.6 Å². The van der Waals surface area contributed by atoms with E-state index in [0.717, 1.165) is 6.54 Å². The van der Waals surface area contributed by atoms with E-state index in [1.165, 1.54) is 0 Å². The number of hydrogen-bond acceptors (Lipinski definition) is 1. The molecule has 0 saturated heterocycles. The lowest BCUT2D eigenvalue weighted by Crippen LogP contribution is -2.29. The van der Waals surface area contributed by atoms with Crippen molar-refractivity contribution in [2.24, 2.45) is 17.8 Å². The Morgan fingerprint density at radius 3 is 2.36 bits per heavy atom. The smallest absolute Gasteiger partial charge is 0.254 e. The summed E-state index contributed by atoms with van der Waals surface area (Å²) in [4.78, 5) is 1.84. The quantitative estimate of drug-likeness (QED) is 0.539. The largest absolute Gasteiger partial charge is 0.364 e. The summed E-state index contributed by atoms with van der Waals surface area (Å²) < 4.78 is 25.7. The van der Waals surface area contributed by atoms with Crippen LogP contribution in [-0.4, -0.2) is 30.3 Å². The zero-order chi connectivity index (χ0) is 10.5. The first-order valence-corrected chi connectivity index (χ1v) is 5.07. The minimum Gasteiger partial charge on any atom is -0.364 e. The van der Waals surface area contributed by atoms with Gasteiger partial charge < -0.3 is 4.90 Å². The molecule has 2 unspecified atom stereocenters. The number of nitrogens with one attached hydrogen (secondary N) is 1. The van der Waals surface area contributed by atoms with Gasteiger partial charge in [-0.05, 0) is 25.7 Å². The van der Waals surface area contributed by atoms with Gasteiger partial charge in [0.1, 0.15) is 0 Å². The van der Waals surface area contributed by atoms with Gasteiger partial charge >= 0.3 is 0 Å². The van der Waals surface area contributed by atoms with Crippen LogP contribution >= 0.6 is 0 Å². The first-order chi connectivity index (χ1) is 6.43. The number of hydrogen-bond donors (Lipinski definition) is 1. The van der Waals surface area contributed by atoms with E-state index in [9.17, 15) is 8.78 Å². The van der Waals surface area contributed by atoms with Gasteiger partial charge in [-0.2, -0.15) is 0 Å². The fraction of sp³-hybridized carbons (Fsp3) is 0.900. The van der Waals surface area contributed by atoms with Crippen LogP contribution in [0.25, 0.3) is 0 Å². The Morgan fingerprint density at radius 1 is 1.43 bits per heavy atom. The molecule has 0 spiro atoms. The summed E-state index contributed by atoms with van der Waals surface area (Å²) in [6.45, 7) is 2.49. The summed E-state index contributed by atoms with van der Waals surface area (Å²) in [7, 11) is 1.85. The van der Waals surface area contributed by atoms with Crippen molar-refractivity contribution in [1.82, 2.24) is 4.90 Å². The highest BCUT2D eigenvalue weighted by Crippen LogP contribution is 2.65. The molecule has 0 aromatic carbocycles. The number of nitrogens with zero attached hydrogens (tertiary/aromatic N) is 1. The van der Waals surface area contributed by atoms with Crippen molar-refractivity contribution in [3.8, 4) is 0 Å². The highest BCUT2D eigenvalue weighted by atomic mass is 19.3. The molecule has 2 saturated carbocycles. The standard InChI is InChI=1S/C10H16F2N2/c1-6(13)14(2)5-7-3-8-9(4-7)10(8,11)12/h7-9,13H,3-5H2,1-2H3. The SMILES string of the molecule is CC(=N)N(C)CC1CC2C(C1)C2(F)F. The van der Waals surface area contributed by atoms with Crippen molar-refractivity contribution in [1.29, 1.82) is 5.41 Å². The summed E-state index contributed by atoms with van der Waals surface area (Å²) in [5.74, 6) is -2.15. The molecule has 4 heteroatoms. The van der Waals surface area contributed by atoms with Crippen LogP contribution in [0.15, 0.2) is 0 Å². The maximum Gasteiger partial charge on any atom is 0.254 e. The first-order valence-electron chi connectivity index (χ1n) is 5.07. The molecule has 0 aromatic heterocycles. The van der Waals surface area contributed by atoms with E-state index < -0.39 is 5.92 Å². The summed E-state index contributed by atoms with van der Waals surface area (Å²) >= 11 is 0. The molecule has 0 amide bonds. The lowest BCUT2D eigenvalue weighted by Gasteiger charge is -2.23. The Kier molecular flexibility index (Phi) is 2.05. The molecule has 2 fully saturated rings. The van der Waals surface area contributed by atoms with Crippen molar-refractivity contribution in [2.75, 3.05) is 13.6 Å². The third-order valence-corrected chi connectivity index (χ3v) is 3.64. The predicted molar refractivity (Wildman–Crippen MR) is 50.7 cm³/mol. The highest BCUT2D eigenvalue weighted by Gasteiger charge is 2.71. The molecule has 0 bridgehead atoms. The molecule has 0 radical (unpaired) electrons. The average molecular weight is 202 g/mol. The van der Waals surface area contributed by atoms with Gasteiger partial charge in [0.15, 0.2) is 0 Å². The number of alkyl halides is 2. The number of halogens is 2. The van der Waals surface area contributed by atoms with Crippen molar-refractivity contribution < 1.29 is 8.78 Å². The molecular weight excluding hydrogens is 186 g/mol. The van der Waals surface area contributed by atoms with Gasteiger partial charge in [0.05, 0.1) is 5.84 Å². The van der Waals surface area contributed by atoms with E-state index in [4.69, 9.17) is 5.41 Å². The third kappa shape index (κ3) is 1.41. The van der Waals surface area contributed by atoms with Crippen LogP contribution in [0, 0.1) is 23.2 Å².